The molecule has 1 N–H and O–H groups in total. The lowest BCUT2D eigenvalue weighted by molar-refractivity contribution is 0.386. The highest BCUT2D eigenvalue weighted by atomic mass is 35.5. The number of halogens is 2. The standard InChI is InChI=1S/C16H17ClFNO/c1-3-15(11-4-6-12(17)7-5-11)19-13-8-9-14(18)16(10-13)20-2/h4-10,15,19H,3H2,1-2H3. The van der Waals surface area contributed by atoms with Crippen molar-refractivity contribution in [3.8, 4) is 5.75 Å². The Labute approximate surface area is 123 Å². The van der Waals surface area contributed by atoms with E-state index in [-0.39, 0.29) is 17.6 Å². The topological polar surface area (TPSA) is 21.3 Å². The van der Waals surface area contributed by atoms with Crippen LogP contribution in [0.25, 0.3) is 0 Å². The van der Waals surface area contributed by atoms with E-state index in [1.54, 1.807) is 12.1 Å². The van der Waals surface area contributed by atoms with Crippen molar-refractivity contribution in [2.45, 2.75) is 19.4 Å². The van der Waals surface area contributed by atoms with Gasteiger partial charge in [-0.1, -0.05) is 30.7 Å². The van der Waals surface area contributed by atoms with E-state index in [1.165, 1.54) is 13.2 Å². The predicted molar refractivity (Wildman–Crippen MR) is 81.1 cm³/mol. The van der Waals surface area contributed by atoms with Crippen LogP contribution in [-0.4, -0.2) is 7.11 Å². The summed E-state index contributed by atoms with van der Waals surface area (Å²) in [6, 6.07) is 12.6. The average molecular weight is 294 g/mol. The van der Waals surface area contributed by atoms with Gasteiger partial charge in [0.15, 0.2) is 11.6 Å². The summed E-state index contributed by atoms with van der Waals surface area (Å²) in [7, 11) is 1.46. The summed E-state index contributed by atoms with van der Waals surface area (Å²) < 4.78 is 18.4. The first kappa shape index (κ1) is 14.7. The molecular formula is C16H17ClFNO. The molecule has 106 valence electrons. The molecule has 0 saturated carbocycles. The number of hydrogen-bond donors (Lipinski definition) is 1. The second-order valence-electron chi connectivity index (χ2n) is 4.51. The quantitative estimate of drug-likeness (QED) is 0.833. The number of ether oxygens (including phenoxy) is 1. The molecule has 0 aliphatic rings. The SMILES string of the molecule is CCC(Nc1ccc(F)c(OC)c1)c1ccc(Cl)cc1. The van der Waals surface area contributed by atoms with Gasteiger partial charge in [-0.2, -0.15) is 0 Å². The van der Waals surface area contributed by atoms with Crippen LogP contribution in [0.1, 0.15) is 24.9 Å². The maximum atomic E-state index is 13.4. The van der Waals surface area contributed by atoms with Crippen molar-refractivity contribution in [1.82, 2.24) is 0 Å². The molecule has 2 aromatic rings. The van der Waals surface area contributed by atoms with E-state index in [1.807, 2.05) is 24.3 Å². The first-order valence-electron chi connectivity index (χ1n) is 6.49. The monoisotopic (exact) mass is 293 g/mol. The number of benzene rings is 2. The van der Waals surface area contributed by atoms with Gasteiger partial charge in [0.25, 0.3) is 0 Å². The molecule has 2 nitrogen and oxygen atoms in total. The smallest absolute Gasteiger partial charge is 0.165 e. The Morgan fingerprint density at radius 2 is 1.90 bits per heavy atom. The van der Waals surface area contributed by atoms with Crippen LogP contribution in [0.5, 0.6) is 5.75 Å². The molecule has 1 atom stereocenters. The summed E-state index contributed by atoms with van der Waals surface area (Å²) in [4.78, 5) is 0. The number of methoxy groups -OCH3 is 1. The maximum Gasteiger partial charge on any atom is 0.165 e. The Morgan fingerprint density at radius 1 is 1.20 bits per heavy atom. The predicted octanol–water partition coefficient (Wildman–Crippen LogP) is 5.05. The van der Waals surface area contributed by atoms with Gasteiger partial charge in [0, 0.05) is 16.8 Å². The van der Waals surface area contributed by atoms with Crippen LogP contribution in [0.15, 0.2) is 42.5 Å². The van der Waals surface area contributed by atoms with E-state index < -0.39 is 0 Å². The lowest BCUT2D eigenvalue weighted by atomic mass is 10.0. The van der Waals surface area contributed by atoms with Crippen molar-refractivity contribution in [1.29, 1.82) is 0 Å². The fraction of sp³-hybridized carbons (Fsp3) is 0.250. The van der Waals surface area contributed by atoms with Crippen LogP contribution in [-0.2, 0) is 0 Å². The Morgan fingerprint density at radius 3 is 2.50 bits per heavy atom. The normalized spacial score (nSPS) is 12.0. The van der Waals surface area contributed by atoms with Crippen molar-refractivity contribution < 1.29 is 9.13 Å². The van der Waals surface area contributed by atoms with Gasteiger partial charge >= 0.3 is 0 Å². The molecule has 0 amide bonds. The fourth-order valence-electron chi connectivity index (χ4n) is 2.07. The molecule has 4 heteroatoms. The minimum absolute atomic E-state index is 0.141. The van der Waals surface area contributed by atoms with Gasteiger partial charge in [0.1, 0.15) is 0 Å². The van der Waals surface area contributed by atoms with Crippen LogP contribution in [0.4, 0.5) is 10.1 Å². The molecule has 20 heavy (non-hydrogen) atoms. The highest BCUT2D eigenvalue weighted by Crippen LogP contribution is 2.27. The van der Waals surface area contributed by atoms with E-state index in [9.17, 15) is 4.39 Å². The first-order valence-corrected chi connectivity index (χ1v) is 6.87. The third-order valence-corrected chi connectivity index (χ3v) is 3.42. The Bertz CT molecular complexity index is 571. The average Bonchev–Trinajstić information content (AvgIpc) is 2.47. The molecule has 0 fully saturated rings. The first-order chi connectivity index (χ1) is 9.63. The molecule has 0 saturated heterocycles. The van der Waals surface area contributed by atoms with E-state index >= 15 is 0 Å². The van der Waals surface area contributed by atoms with Crippen LogP contribution < -0.4 is 10.1 Å². The molecule has 2 rings (SSSR count). The van der Waals surface area contributed by atoms with E-state index in [4.69, 9.17) is 16.3 Å². The van der Waals surface area contributed by atoms with Crippen LogP contribution in [0.2, 0.25) is 5.02 Å². The zero-order chi connectivity index (χ0) is 14.5. The van der Waals surface area contributed by atoms with Crippen molar-refractivity contribution in [3.63, 3.8) is 0 Å². The van der Waals surface area contributed by atoms with Crippen LogP contribution in [0.3, 0.4) is 0 Å². The molecule has 0 heterocycles. The molecule has 0 aliphatic carbocycles. The molecule has 2 aromatic carbocycles. The van der Waals surface area contributed by atoms with Gasteiger partial charge < -0.3 is 10.1 Å². The summed E-state index contributed by atoms with van der Waals surface area (Å²) >= 11 is 5.90. The van der Waals surface area contributed by atoms with Crippen molar-refractivity contribution in [3.05, 3.63) is 58.9 Å². The second-order valence-corrected chi connectivity index (χ2v) is 4.94. The second kappa shape index (κ2) is 6.62. The Balaban J connectivity index is 2.19. The van der Waals surface area contributed by atoms with Gasteiger partial charge in [0.05, 0.1) is 13.2 Å². The van der Waals surface area contributed by atoms with E-state index in [0.29, 0.717) is 5.02 Å². The third kappa shape index (κ3) is 3.42. The summed E-state index contributed by atoms with van der Waals surface area (Å²) in [5, 5.41) is 4.09. The zero-order valence-corrected chi connectivity index (χ0v) is 12.2. The summed E-state index contributed by atoms with van der Waals surface area (Å²) in [6.07, 6.45) is 0.904. The minimum atomic E-state index is -0.363. The molecule has 0 aliphatic heterocycles. The van der Waals surface area contributed by atoms with E-state index in [0.717, 1.165) is 17.7 Å². The minimum Gasteiger partial charge on any atom is -0.494 e. The largest absolute Gasteiger partial charge is 0.494 e. The highest BCUT2D eigenvalue weighted by Gasteiger charge is 2.10. The van der Waals surface area contributed by atoms with Crippen molar-refractivity contribution >= 4 is 17.3 Å². The summed E-state index contributed by atoms with van der Waals surface area (Å²) in [6.45, 7) is 2.09. The Kier molecular flexibility index (Phi) is 4.85. The number of nitrogens with one attached hydrogen (secondary N) is 1. The van der Waals surface area contributed by atoms with Crippen molar-refractivity contribution in [2.75, 3.05) is 12.4 Å². The van der Waals surface area contributed by atoms with Gasteiger partial charge in [0.2, 0.25) is 0 Å². The molecule has 1 unspecified atom stereocenters. The highest BCUT2D eigenvalue weighted by molar-refractivity contribution is 6.30. The summed E-state index contributed by atoms with van der Waals surface area (Å²) in [5.74, 6) is -0.126. The van der Waals surface area contributed by atoms with Gasteiger partial charge in [-0.15, -0.1) is 0 Å². The van der Waals surface area contributed by atoms with Crippen LogP contribution >= 0.6 is 11.6 Å². The third-order valence-electron chi connectivity index (χ3n) is 3.17. The van der Waals surface area contributed by atoms with Crippen molar-refractivity contribution in [2.24, 2.45) is 0 Å². The molecule has 0 bridgehead atoms. The molecular weight excluding hydrogens is 277 g/mol. The van der Waals surface area contributed by atoms with E-state index in [2.05, 4.69) is 12.2 Å². The van der Waals surface area contributed by atoms with Gasteiger partial charge in [-0.3, -0.25) is 0 Å². The number of anilines is 1. The van der Waals surface area contributed by atoms with Crippen LogP contribution in [0, 0.1) is 5.82 Å². The molecule has 0 radical (unpaired) electrons. The lowest BCUT2D eigenvalue weighted by Crippen LogP contribution is -2.09. The van der Waals surface area contributed by atoms with Gasteiger partial charge in [-0.05, 0) is 36.2 Å². The molecule has 0 aromatic heterocycles. The Hall–Kier alpha value is -1.74. The zero-order valence-electron chi connectivity index (χ0n) is 11.5. The lowest BCUT2D eigenvalue weighted by Gasteiger charge is -2.19. The molecule has 0 spiro atoms. The number of hydrogen-bond acceptors (Lipinski definition) is 2. The van der Waals surface area contributed by atoms with Gasteiger partial charge in [-0.25, -0.2) is 4.39 Å². The fourth-order valence-corrected chi connectivity index (χ4v) is 2.19. The maximum absolute atomic E-state index is 13.4. The summed E-state index contributed by atoms with van der Waals surface area (Å²) in [5.41, 5.74) is 1.96. The number of rotatable bonds is 5.